The minimum Gasteiger partial charge on any atom is -0.339 e. The lowest BCUT2D eigenvalue weighted by Crippen LogP contribution is -2.49. The number of carbonyl (C=O) groups excluding carboxylic acids is 3. The van der Waals surface area contributed by atoms with E-state index in [-0.39, 0.29) is 30.2 Å². The summed E-state index contributed by atoms with van der Waals surface area (Å²) in [6.45, 7) is 2.85. The van der Waals surface area contributed by atoms with Crippen LogP contribution >= 0.6 is 0 Å². The second-order valence-electron chi connectivity index (χ2n) is 6.86. The average Bonchev–Trinajstić information content (AvgIpc) is 3.12. The Morgan fingerprint density at radius 3 is 2.87 bits per heavy atom. The zero-order valence-corrected chi connectivity index (χ0v) is 13.0. The third-order valence-electron chi connectivity index (χ3n) is 5.17. The molecule has 1 aliphatic carbocycles. The second kappa shape index (κ2) is 4.81. The molecule has 2 heterocycles. The molecule has 4 amide bonds. The van der Waals surface area contributed by atoms with E-state index >= 15 is 0 Å². The van der Waals surface area contributed by atoms with E-state index in [0.717, 1.165) is 6.42 Å². The molecule has 0 unspecified atom stereocenters. The van der Waals surface area contributed by atoms with E-state index in [1.165, 1.54) is 11.1 Å². The van der Waals surface area contributed by atoms with Gasteiger partial charge in [-0.25, -0.2) is 4.79 Å². The molecule has 23 heavy (non-hydrogen) atoms. The first kappa shape index (κ1) is 14.2. The fourth-order valence-electron chi connectivity index (χ4n) is 3.78. The summed E-state index contributed by atoms with van der Waals surface area (Å²) in [7, 11) is 0. The van der Waals surface area contributed by atoms with Crippen LogP contribution in [0.5, 0.6) is 0 Å². The van der Waals surface area contributed by atoms with Crippen molar-refractivity contribution in [3.8, 4) is 0 Å². The van der Waals surface area contributed by atoms with Gasteiger partial charge in [-0.2, -0.15) is 0 Å². The van der Waals surface area contributed by atoms with Crippen molar-refractivity contribution < 1.29 is 14.4 Å². The summed E-state index contributed by atoms with van der Waals surface area (Å²) in [5.74, 6) is 0.0734. The molecule has 3 aliphatic rings. The third kappa shape index (κ3) is 2.29. The van der Waals surface area contributed by atoms with Crippen molar-refractivity contribution in [2.24, 2.45) is 5.92 Å². The van der Waals surface area contributed by atoms with Crippen LogP contribution < -0.4 is 10.6 Å². The number of benzene rings is 1. The molecule has 3 atom stereocenters. The smallest absolute Gasteiger partial charge is 0.322 e. The molecule has 0 radical (unpaired) electrons. The van der Waals surface area contributed by atoms with E-state index in [2.05, 4.69) is 22.8 Å². The van der Waals surface area contributed by atoms with Gasteiger partial charge in [-0.15, -0.1) is 0 Å². The first-order valence-corrected chi connectivity index (χ1v) is 7.97. The number of urea groups is 1. The summed E-state index contributed by atoms with van der Waals surface area (Å²) in [5, 5.41) is 4.95. The second-order valence-corrected chi connectivity index (χ2v) is 6.86. The minimum atomic E-state index is -0.916. The molecule has 1 spiro atoms. The van der Waals surface area contributed by atoms with Gasteiger partial charge in [0, 0.05) is 12.5 Å². The summed E-state index contributed by atoms with van der Waals surface area (Å²) < 4.78 is 0. The Kier molecular flexibility index (Phi) is 2.98. The molecule has 3 fully saturated rings. The number of hydrogen-bond acceptors (Lipinski definition) is 3. The normalized spacial score (nSPS) is 32.1. The number of rotatable bonds is 2. The predicted molar refractivity (Wildman–Crippen MR) is 82.6 cm³/mol. The van der Waals surface area contributed by atoms with Gasteiger partial charge < -0.3 is 10.2 Å². The van der Waals surface area contributed by atoms with Crippen LogP contribution in [0.1, 0.15) is 29.9 Å². The van der Waals surface area contributed by atoms with Crippen LogP contribution in [0, 0.1) is 12.8 Å². The van der Waals surface area contributed by atoms with Crippen LogP contribution in [0.2, 0.25) is 0 Å². The quantitative estimate of drug-likeness (QED) is 0.797. The molecule has 6 nitrogen and oxygen atoms in total. The first-order chi connectivity index (χ1) is 11.0. The SMILES string of the molecule is Cc1cccc([C@@H]2C[C@@H]2C(=O)N2CC[C@]3(C2)NC(=O)NC3=O)c1. The maximum Gasteiger partial charge on any atom is 0.322 e. The van der Waals surface area contributed by atoms with Gasteiger partial charge in [0.05, 0.1) is 6.54 Å². The molecular formula is C17H19N3O3. The molecule has 1 aromatic carbocycles. The van der Waals surface area contributed by atoms with Crippen molar-refractivity contribution in [2.75, 3.05) is 13.1 Å². The van der Waals surface area contributed by atoms with Gasteiger partial charge in [0.1, 0.15) is 5.54 Å². The van der Waals surface area contributed by atoms with Gasteiger partial charge in [-0.3, -0.25) is 14.9 Å². The number of nitrogens with one attached hydrogen (secondary N) is 2. The van der Waals surface area contributed by atoms with Crippen LogP contribution in [0.3, 0.4) is 0 Å². The predicted octanol–water partition coefficient (Wildman–Crippen LogP) is 0.909. The summed E-state index contributed by atoms with van der Waals surface area (Å²) in [6, 6.07) is 7.81. The third-order valence-corrected chi connectivity index (χ3v) is 5.17. The number of hydrogen-bond donors (Lipinski definition) is 2. The lowest BCUT2D eigenvalue weighted by Gasteiger charge is -2.21. The summed E-state index contributed by atoms with van der Waals surface area (Å²) in [4.78, 5) is 37.7. The summed E-state index contributed by atoms with van der Waals surface area (Å²) >= 11 is 0. The van der Waals surface area contributed by atoms with Crippen LogP contribution in [0.25, 0.3) is 0 Å². The molecule has 120 valence electrons. The van der Waals surface area contributed by atoms with E-state index in [1.807, 2.05) is 19.1 Å². The number of amides is 4. The zero-order valence-electron chi connectivity index (χ0n) is 13.0. The molecule has 0 aromatic heterocycles. The highest BCUT2D eigenvalue weighted by molar-refractivity contribution is 6.07. The highest BCUT2D eigenvalue weighted by Gasteiger charge is 2.54. The van der Waals surface area contributed by atoms with Crippen molar-refractivity contribution in [3.05, 3.63) is 35.4 Å². The molecule has 0 bridgehead atoms. The molecule has 4 rings (SSSR count). The highest BCUT2D eigenvalue weighted by Crippen LogP contribution is 2.49. The molecule has 2 N–H and O–H groups in total. The number of aryl methyl sites for hydroxylation is 1. The lowest BCUT2D eigenvalue weighted by molar-refractivity contribution is -0.132. The van der Waals surface area contributed by atoms with Gasteiger partial charge in [-0.05, 0) is 31.2 Å². The number of carbonyl (C=O) groups is 3. The highest BCUT2D eigenvalue weighted by atomic mass is 16.2. The number of imide groups is 1. The van der Waals surface area contributed by atoms with Crippen LogP contribution in [-0.2, 0) is 9.59 Å². The lowest BCUT2D eigenvalue weighted by atomic mass is 9.99. The minimum absolute atomic E-state index is 0.00659. The Bertz CT molecular complexity index is 717. The Balaban J connectivity index is 1.44. The first-order valence-electron chi connectivity index (χ1n) is 7.97. The fourth-order valence-corrected chi connectivity index (χ4v) is 3.78. The van der Waals surface area contributed by atoms with Gasteiger partial charge >= 0.3 is 6.03 Å². The van der Waals surface area contributed by atoms with Crippen LogP contribution in [0.4, 0.5) is 4.79 Å². The van der Waals surface area contributed by atoms with E-state index in [9.17, 15) is 14.4 Å². The van der Waals surface area contributed by atoms with Gasteiger partial charge in [0.25, 0.3) is 5.91 Å². The molecule has 1 aromatic rings. The Hall–Kier alpha value is -2.37. The molecule has 1 saturated carbocycles. The molecule has 2 saturated heterocycles. The Morgan fingerprint density at radius 2 is 2.17 bits per heavy atom. The number of likely N-dealkylation sites (tertiary alicyclic amines) is 1. The summed E-state index contributed by atoms with van der Waals surface area (Å²) in [6.07, 6.45) is 1.35. The van der Waals surface area contributed by atoms with Gasteiger partial charge in [0.2, 0.25) is 5.91 Å². The van der Waals surface area contributed by atoms with E-state index in [4.69, 9.17) is 0 Å². The molecular weight excluding hydrogens is 294 g/mol. The zero-order chi connectivity index (χ0) is 16.2. The maximum absolute atomic E-state index is 12.7. The van der Waals surface area contributed by atoms with E-state index < -0.39 is 11.6 Å². The standard InChI is InChI=1S/C17H19N3O3/c1-10-3-2-4-11(7-10)12-8-13(12)14(21)20-6-5-17(9-20)15(22)18-16(23)19-17/h2-4,7,12-13H,5-6,8-9H2,1H3,(H2,18,19,22,23)/t12-,13-,17+/m0/s1. The van der Waals surface area contributed by atoms with Crippen LogP contribution in [0.15, 0.2) is 24.3 Å². The van der Waals surface area contributed by atoms with Crippen molar-refractivity contribution in [1.82, 2.24) is 15.5 Å². The van der Waals surface area contributed by atoms with E-state index in [0.29, 0.717) is 13.0 Å². The van der Waals surface area contributed by atoms with Crippen molar-refractivity contribution in [1.29, 1.82) is 0 Å². The van der Waals surface area contributed by atoms with Crippen molar-refractivity contribution >= 4 is 17.8 Å². The van der Waals surface area contributed by atoms with Crippen molar-refractivity contribution in [2.45, 2.75) is 31.2 Å². The molecule has 6 heteroatoms. The fraction of sp³-hybridized carbons (Fsp3) is 0.471. The van der Waals surface area contributed by atoms with Crippen molar-refractivity contribution in [3.63, 3.8) is 0 Å². The number of nitrogens with zero attached hydrogens (tertiary/aromatic N) is 1. The maximum atomic E-state index is 12.7. The van der Waals surface area contributed by atoms with Gasteiger partial charge in [-0.1, -0.05) is 29.8 Å². The summed E-state index contributed by atoms with van der Waals surface area (Å²) in [5.41, 5.74) is 1.50. The average molecular weight is 313 g/mol. The largest absolute Gasteiger partial charge is 0.339 e. The van der Waals surface area contributed by atoms with Gasteiger partial charge in [0.15, 0.2) is 0 Å². The Morgan fingerprint density at radius 1 is 1.35 bits per heavy atom. The molecule has 2 aliphatic heterocycles. The topological polar surface area (TPSA) is 78.5 Å². The monoisotopic (exact) mass is 313 g/mol. The van der Waals surface area contributed by atoms with Crippen LogP contribution in [-0.4, -0.2) is 41.4 Å². The Labute approximate surface area is 134 Å². The van der Waals surface area contributed by atoms with E-state index in [1.54, 1.807) is 4.90 Å².